The highest BCUT2D eigenvalue weighted by Gasteiger charge is 2.24. The van der Waals surface area contributed by atoms with Gasteiger partial charge in [0, 0.05) is 25.2 Å². The first kappa shape index (κ1) is 22.6. The molecule has 0 amide bonds. The summed E-state index contributed by atoms with van der Waals surface area (Å²) >= 11 is 0. The van der Waals surface area contributed by atoms with Gasteiger partial charge >= 0.3 is 0 Å². The number of nitrogens with zero attached hydrogens (tertiary/aromatic N) is 3. The molecule has 0 spiro atoms. The number of methoxy groups -OCH3 is 1. The van der Waals surface area contributed by atoms with E-state index in [1.165, 1.54) is 51.4 Å². The fourth-order valence-corrected chi connectivity index (χ4v) is 5.69. The van der Waals surface area contributed by atoms with Gasteiger partial charge in [0.1, 0.15) is 0 Å². The van der Waals surface area contributed by atoms with Crippen LogP contribution >= 0.6 is 0 Å². The molecule has 7 nitrogen and oxygen atoms in total. The van der Waals surface area contributed by atoms with Gasteiger partial charge < -0.3 is 20.7 Å². The minimum absolute atomic E-state index is 0.396. The van der Waals surface area contributed by atoms with Gasteiger partial charge in [0.15, 0.2) is 0 Å². The SMILES string of the molecule is COC1CCC(Nc2nc(NC3CCCC(C)C3)nc(NC3CCCC(C)C3)n2)CC1. The van der Waals surface area contributed by atoms with E-state index in [2.05, 4.69) is 29.8 Å². The Morgan fingerprint density at radius 2 is 1.06 bits per heavy atom. The molecule has 0 aliphatic heterocycles. The van der Waals surface area contributed by atoms with Crippen LogP contribution in [-0.2, 0) is 4.74 Å². The smallest absolute Gasteiger partial charge is 0.229 e. The molecule has 3 aliphatic rings. The summed E-state index contributed by atoms with van der Waals surface area (Å²) < 4.78 is 5.53. The van der Waals surface area contributed by atoms with Crippen molar-refractivity contribution in [1.29, 1.82) is 0 Å². The number of hydrogen-bond acceptors (Lipinski definition) is 7. The molecule has 7 heteroatoms. The van der Waals surface area contributed by atoms with Gasteiger partial charge in [-0.3, -0.25) is 0 Å². The van der Waals surface area contributed by atoms with Gasteiger partial charge in [-0.1, -0.05) is 39.5 Å². The lowest BCUT2D eigenvalue weighted by Crippen LogP contribution is -2.31. The lowest BCUT2D eigenvalue weighted by Gasteiger charge is -2.30. The van der Waals surface area contributed by atoms with Gasteiger partial charge in [-0.2, -0.15) is 15.0 Å². The highest BCUT2D eigenvalue weighted by Crippen LogP contribution is 2.28. The van der Waals surface area contributed by atoms with Crippen LogP contribution in [-0.4, -0.2) is 46.3 Å². The van der Waals surface area contributed by atoms with Crippen molar-refractivity contribution in [3.63, 3.8) is 0 Å². The highest BCUT2D eigenvalue weighted by molar-refractivity contribution is 5.43. The normalized spacial score (nSPS) is 34.2. The molecule has 3 fully saturated rings. The Hall–Kier alpha value is -1.63. The maximum Gasteiger partial charge on any atom is 0.229 e. The Kier molecular flexibility index (Phi) is 7.86. The topological polar surface area (TPSA) is 84.0 Å². The van der Waals surface area contributed by atoms with Crippen LogP contribution in [0.4, 0.5) is 17.8 Å². The zero-order chi connectivity index (χ0) is 21.6. The molecule has 0 aromatic carbocycles. The van der Waals surface area contributed by atoms with E-state index in [4.69, 9.17) is 19.7 Å². The molecule has 3 N–H and O–H groups in total. The highest BCUT2D eigenvalue weighted by atomic mass is 16.5. The van der Waals surface area contributed by atoms with E-state index < -0.39 is 0 Å². The summed E-state index contributed by atoms with van der Waals surface area (Å²) in [5.74, 6) is 3.67. The minimum Gasteiger partial charge on any atom is -0.381 e. The van der Waals surface area contributed by atoms with Crippen LogP contribution in [0.25, 0.3) is 0 Å². The lowest BCUT2D eigenvalue weighted by atomic mass is 9.87. The number of hydrogen-bond donors (Lipinski definition) is 3. The molecule has 31 heavy (non-hydrogen) atoms. The maximum atomic E-state index is 5.53. The average Bonchev–Trinajstić information content (AvgIpc) is 2.74. The molecule has 4 unspecified atom stereocenters. The quantitative estimate of drug-likeness (QED) is 0.547. The van der Waals surface area contributed by atoms with Gasteiger partial charge in [0.25, 0.3) is 0 Å². The summed E-state index contributed by atoms with van der Waals surface area (Å²) in [6.45, 7) is 4.70. The summed E-state index contributed by atoms with van der Waals surface area (Å²) in [6.07, 6.45) is 14.8. The predicted octanol–water partition coefficient (Wildman–Crippen LogP) is 5.22. The largest absolute Gasteiger partial charge is 0.381 e. The Labute approximate surface area is 187 Å². The second-order valence-electron chi connectivity index (χ2n) is 10.4. The molecule has 1 aromatic rings. The Morgan fingerprint density at radius 3 is 1.48 bits per heavy atom. The van der Waals surface area contributed by atoms with Crippen molar-refractivity contribution in [1.82, 2.24) is 15.0 Å². The van der Waals surface area contributed by atoms with E-state index in [0.29, 0.717) is 42.1 Å². The third-order valence-corrected chi connectivity index (χ3v) is 7.52. The molecule has 0 radical (unpaired) electrons. The zero-order valence-corrected chi connectivity index (χ0v) is 19.7. The van der Waals surface area contributed by atoms with Crippen LogP contribution in [0.15, 0.2) is 0 Å². The third-order valence-electron chi connectivity index (χ3n) is 7.52. The summed E-state index contributed by atoms with van der Waals surface area (Å²) in [5, 5.41) is 10.9. The van der Waals surface area contributed by atoms with Crippen molar-refractivity contribution in [2.24, 2.45) is 11.8 Å². The molecule has 0 saturated heterocycles. The molecule has 174 valence electrons. The minimum atomic E-state index is 0.396. The van der Waals surface area contributed by atoms with Crippen LogP contribution in [0.2, 0.25) is 0 Å². The van der Waals surface area contributed by atoms with Gasteiger partial charge in [-0.05, 0) is 63.2 Å². The van der Waals surface area contributed by atoms with Gasteiger partial charge in [-0.15, -0.1) is 0 Å². The van der Waals surface area contributed by atoms with Crippen molar-refractivity contribution in [3.05, 3.63) is 0 Å². The standard InChI is InChI=1S/C24H42N6O/c1-16-6-4-8-19(14-16)26-23-28-22(25-18-10-12-21(31-3)13-11-18)29-24(30-23)27-20-9-5-7-17(2)15-20/h16-21H,4-15H2,1-3H3,(H3,25,26,27,28,29,30). The third kappa shape index (κ3) is 6.67. The maximum absolute atomic E-state index is 5.53. The zero-order valence-electron chi connectivity index (χ0n) is 19.7. The van der Waals surface area contributed by atoms with E-state index in [1.54, 1.807) is 0 Å². The van der Waals surface area contributed by atoms with Crippen molar-refractivity contribution < 1.29 is 4.74 Å². The van der Waals surface area contributed by atoms with E-state index in [-0.39, 0.29) is 0 Å². The molecule has 3 saturated carbocycles. The van der Waals surface area contributed by atoms with Crippen molar-refractivity contribution in [2.75, 3.05) is 23.1 Å². The molecule has 4 atom stereocenters. The Morgan fingerprint density at radius 1 is 0.613 bits per heavy atom. The van der Waals surface area contributed by atoms with Gasteiger partial charge in [0.05, 0.1) is 6.10 Å². The second-order valence-corrected chi connectivity index (χ2v) is 10.4. The van der Waals surface area contributed by atoms with E-state index in [1.807, 2.05) is 7.11 Å². The fourth-order valence-electron chi connectivity index (χ4n) is 5.69. The first-order valence-corrected chi connectivity index (χ1v) is 12.7. The van der Waals surface area contributed by atoms with Crippen LogP contribution < -0.4 is 16.0 Å². The Balaban J connectivity index is 1.45. The number of nitrogens with one attached hydrogen (secondary N) is 3. The molecular weight excluding hydrogens is 388 g/mol. The predicted molar refractivity (Wildman–Crippen MR) is 127 cm³/mol. The number of aromatic nitrogens is 3. The average molecular weight is 431 g/mol. The molecule has 4 rings (SSSR count). The van der Waals surface area contributed by atoms with Crippen molar-refractivity contribution in [3.8, 4) is 0 Å². The van der Waals surface area contributed by atoms with Crippen LogP contribution in [0.1, 0.15) is 90.9 Å². The van der Waals surface area contributed by atoms with Gasteiger partial charge in [-0.25, -0.2) is 0 Å². The Bertz CT molecular complexity index is 650. The van der Waals surface area contributed by atoms with E-state index >= 15 is 0 Å². The van der Waals surface area contributed by atoms with E-state index in [9.17, 15) is 0 Å². The lowest BCUT2D eigenvalue weighted by molar-refractivity contribution is 0.0681. The van der Waals surface area contributed by atoms with Crippen molar-refractivity contribution >= 4 is 17.8 Å². The molecule has 0 bridgehead atoms. The van der Waals surface area contributed by atoms with Gasteiger partial charge in [0.2, 0.25) is 17.8 Å². The van der Waals surface area contributed by atoms with Crippen LogP contribution in [0.5, 0.6) is 0 Å². The first-order chi connectivity index (χ1) is 15.1. The summed E-state index contributed by atoms with van der Waals surface area (Å²) in [4.78, 5) is 14.3. The van der Waals surface area contributed by atoms with Crippen LogP contribution in [0, 0.1) is 11.8 Å². The summed E-state index contributed by atoms with van der Waals surface area (Å²) in [5.41, 5.74) is 0. The summed E-state index contributed by atoms with van der Waals surface area (Å²) in [6, 6.07) is 1.32. The summed E-state index contributed by atoms with van der Waals surface area (Å²) in [7, 11) is 1.82. The van der Waals surface area contributed by atoms with E-state index in [0.717, 1.165) is 37.5 Å². The van der Waals surface area contributed by atoms with Crippen molar-refractivity contribution in [2.45, 2.75) is 115 Å². The molecule has 3 aliphatic carbocycles. The number of ether oxygens (including phenoxy) is 1. The number of rotatable bonds is 7. The number of anilines is 3. The fraction of sp³-hybridized carbons (Fsp3) is 0.875. The first-order valence-electron chi connectivity index (χ1n) is 12.7. The van der Waals surface area contributed by atoms with Crippen LogP contribution in [0.3, 0.4) is 0 Å². The monoisotopic (exact) mass is 430 g/mol. The molecular formula is C24H42N6O. The molecule has 1 aromatic heterocycles. The molecule has 1 heterocycles. The second kappa shape index (κ2) is 10.8.